The first kappa shape index (κ1) is 21.4. The lowest BCUT2D eigenvalue weighted by Gasteiger charge is -2.18. The van der Waals surface area contributed by atoms with Gasteiger partial charge in [0, 0.05) is 11.1 Å². The summed E-state index contributed by atoms with van der Waals surface area (Å²) in [5.74, 6) is -0.591. The fourth-order valence-corrected chi connectivity index (χ4v) is 2.98. The molecule has 0 aliphatic rings. The van der Waals surface area contributed by atoms with Gasteiger partial charge < -0.3 is 4.74 Å². The van der Waals surface area contributed by atoms with Crippen molar-refractivity contribution in [2.45, 2.75) is 19.3 Å². The average Bonchev–Trinajstić information content (AvgIpc) is 2.66. The Morgan fingerprint density at radius 2 is 1.30 bits per heavy atom. The Bertz CT molecular complexity index is 1040. The minimum atomic E-state index is -5.13. The van der Waals surface area contributed by atoms with E-state index >= 15 is 0 Å². The molecule has 3 rings (SSSR count). The van der Waals surface area contributed by atoms with E-state index in [9.17, 15) is 31.1 Å². The second-order valence-electron chi connectivity index (χ2n) is 6.44. The minimum absolute atomic E-state index is 0.179. The molecule has 0 radical (unpaired) electrons. The van der Waals surface area contributed by atoms with E-state index < -0.39 is 34.8 Å². The zero-order valence-electron chi connectivity index (χ0n) is 15.4. The summed E-state index contributed by atoms with van der Waals surface area (Å²) in [7, 11) is 0. The Kier molecular flexibility index (Phi) is 5.61. The quantitative estimate of drug-likeness (QED) is 0.331. The van der Waals surface area contributed by atoms with E-state index in [1.54, 1.807) is 30.3 Å². The largest absolute Gasteiger partial charge is 0.457 e. The molecule has 0 aliphatic carbocycles. The SMILES string of the molecule is Cc1cc(Oc2ccccc2)ccc1C(=O)c1c(C(F)(F)F)cccc1C(F)(F)F. The van der Waals surface area contributed by atoms with Gasteiger partial charge in [0.05, 0.1) is 11.1 Å². The highest BCUT2D eigenvalue weighted by Gasteiger charge is 2.43. The van der Waals surface area contributed by atoms with E-state index in [-0.39, 0.29) is 16.9 Å². The fourth-order valence-electron chi connectivity index (χ4n) is 2.98. The van der Waals surface area contributed by atoms with E-state index in [2.05, 4.69) is 0 Å². The van der Waals surface area contributed by atoms with E-state index in [0.29, 0.717) is 23.9 Å². The molecular weight excluding hydrogens is 410 g/mol. The first-order chi connectivity index (χ1) is 14.0. The minimum Gasteiger partial charge on any atom is -0.457 e. The lowest BCUT2D eigenvalue weighted by Crippen LogP contribution is -2.21. The lowest BCUT2D eigenvalue weighted by molar-refractivity contribution is -0.143. The van der Waals surface area contributed by atoms with Crippen LogP contribution in [0.25, 0.3) is 0 Å². The highest BCUT2D eigenvalue weighted by Crippen LogP contribution is 2.40. The molecule has 0 bridgehead atoms. The molecule has 0 atom stereocenters. The van der Waals surface area contributed by atoms with Crippen LogP contribution < -0.4 is 4.74 Å². The van der Waals surface area contributed by atoms with Gasteiger partial charge >= 0.3 is 12.4 Å². The molecule has 0 heterocycles. The average molecular weight is 424 g/mol. The van der Waals surface area contributed by atoms with Gasteiger partial charge in [0.1, 0.15) is 11.5 Å². The predicted molar refractivity (Wildman–Crippen MR) is 97.6 cm³/mol. The molecule has 3 aromatic rings. The Morgan fingerprint density at radius 1 is 0.733 bits per heavy atom. The number of ketones is 1. The van der Waals surface area contributed by atoms with Crippen LogP contribution in [-0.2, 0) is 12.4 Å². The number of alkyl halides is 6. The van der Waals surface area contributed by atoms with Crippen molar-refractivity contribution in [3.05, 3.63) is 94.5 Å². The van der Waals surface area contributed by atoms with E-state index in [1.165, 1.54) is 19.1 Å². The molecule has 0 fully saturated rings. The summed E-state index contributed by atoms with van der Waals surface area (Å²) in [4.78, 5) is 12.8. The molecule has 30 heavy (non-hydrogen) atoms. The monoisotopic (exact) mass is 424 g/mol. The smallest absolute Gasteiger partial charge is 0.417 e. The van der Waals surface area contributed by atoms with Crippen molar-refractivity contribution in [2.24, 2.45) is 0 Å². The summed E-state index contributed by atoms with van der Waals surface area (Å²) in [6, 6.07) is 14.0. The molecule has 0 aliphatic heterocycles. The summed E-state index contributed by atoms with van der Waals surface area (Å²) in [5.41, 5.74) is -4.79. The van der Waals surface area contributed by atoms with Gasteiger partial charge in [0.15, 0.2) is 5.78 Å². The Labute approximate surface area is 167 Å². The van der Waals surface area contributed by atoms with Crippen molar-refractivity contribution in [3.63, 3.8) is 0 Å². The highest BCUT2D eigenvalue weighted by atomic mass is 19.4. The molecule has 2 nitrogen and oxygen atoms in total. The van der Waals surface area contributed by atoms with Crippen molar-refractivity contribution >= 4 is 5.78 Å². The van der Waals surface area contributed by atoms with Crippen LogP contribution >= 0.6 is 0 Å². The Balaban J connectivity index is 2.07. The number of rotatable bonds is 4. The molecule has 0 aromatic heterocycles. The predicted octanol–water partition coefficient (Wildman–Crippen LogP) is 7.06. The Morgan fingerprint density at radius 3 is 1.80 bits per heavy atom. The number of hydrogen-bond donors (Lipinski definition) is 0. The highest BCUT2D eigenvalue weighted by molar-refractivity contribution is 6.12. The van der Waals surface area contributed by atoms with Crippen molar-refractivity contribution < 1.29 is 35.9 Å². The molecule has 3 aromatic carbocycles. The van der Waals surface area contributed by atoms with Crippen LogP contribution in [0.2, 0.25) is 0 Å². The standard InChI is InChI=1S/C22H14F6O2/c1-13-12-15(30-14-6-3-2-4-7-14)10-11-16(13)20(29)19-17(21(23,24)25)8-5-9-18(19)22(26,27)28/h2-12H,1H3. The number of benzene rings is 3. The van der Waals surface area contributed by atoms with Crippen LogP contribution in [-0.4, -0.2) is 5.78 Å². The number of aryl methyl sites for hydroxylation is 1. The molecule has 0 amide bonds. The van der Waals surface area contributed by atoms with Gasteiger partial charge in [-0.1, -0.05) is 24.3 Å². The van der Waals surface area contributed by atoms with Gasteiger partial charge in [0.2, 0.25) is 0 Å². The molecule has 0 saturated carbocycles. The normalized spacial score (nSPS) is 12.0. The number of para-hydroxylation sites is 1. The third-order valence-corrected chi connectivity index (χ3v) is 4.32. The molecule has 8 heteroatoms. The summed E-state index contributed by atoms with van der Waals surface area (Å²) >= 11 is 0. The van der Waals surface area contributed by atoms with Crippen molar-refractivity contribution in [2.75, 3.05) is 0 Å². The van der Waals surface area contributed by atoms with Crippen molar-refractivity contribution in [1.29, 1.82) is 0 Å². The zero-order chi connectivity index (χ0) is 22.1. The van der Waals surface area contributed by atoms with Gasteiger partial charge in [-0.3, -0.25) is 4.79 Å². The number of carbonyl (C=O) groups is 1. The fraction of sp³-hybridized carbons (Fsp3) is 0.136. The Hall–Kier alpha value is -3.29. The topological polar surface area (TPSA) is 26.3 Å². The van der Waals surface area contributed by atoms with Gasteiger partial charge in [-0.05, 0) is 55.0 Å². The molecule has 0 unspecified atom stereocenters. The maximum Gasteiger partial charge on any atom is 0.417 e. The summed E-state index contributed by atoms with van der Waals surface area (Å²) < 4.78 is 85.7. The van der Waals surface area contributed by atoms with E-state index in [4.69, 9.17) is 4.74 Å². The molecule has 0 spiro atoms. The van der Waals surface area contributed by atoms with Crippen LogP contribution in [0.3, 0.4) is 0 Å². The third-order valence-electron chi connectivity index (χ3n) is 4.32. The molecule has 0 N–H and O–H groups in total. The number of ether oxygens (including phenoxy) is 1. The van der Waals surface area contributed by atoms with Gasteiger partial charge in [-0.25, -0.2) is 0 Å². The van der Waals surface area contributed by atoms with Crippen LogP contribution in [0.15, 0.2) is 66.7 Å². The summed E-state index contributed by atoms with van der Waals surface area (Å²) in [6.07, 6.45) is -10.3. The number of carbonyl (C=O) groups excluding carboxylic acids is 1. The summed E-state index contributed by atoms with van der Waals surface area (Å²) in [5, 5.41) is 0. The van der Waals surface area contributed by atoms with Crippen LogP contribution in [0.1, 0.15) is 32.6 Å². The van der Waals surface area contributed by atoms with Gasteiger partial charge in [-0.2, -0.15) is 26.3 Å². The second kappa shape index (κ2) is 7.85. The molecule has 0 saturated heterocycles. The zero-order valence-corrected chi connectivity index (χ0v) is 15.4. The van der Waals surface area contributed by atoms with Crippen LogP contribution in [0, 0.1) is 6.92 Å². The van der Waals surface area contributed by atoms with Crippen LogP contribution in [0.5, 0.6) is 11.5 Å². The maximum atomic E-state index is 13.4. The second-order valence-corrected chi connectivity index (χ2v) is 6.44. The van der Waals surface area contributed by atoms with Crippen molar-refractivity contribution in [1.82, 2.24) is 0 Å². The third kappa shape index (κ3) is 4.48. The van der Waals surface area contributed by atoms with Gasteiger partial charge in [-0.15, -0.1) is 0 Å². The van der Waals surface area contributed by atoms with E-state index in [1.807, 2.05) is 0 Å². The van der Waals surface area contributed by atoms with Crippen LogP contribution in [0.4, 0.5) is 26.3 Å². The maximum absolute atomic E-state index is 13.4. The first-order valence-corrected chi connectivity index (χ1v) is 8.64. The summed E-state index contributed by atoms with van der Waals surface area (Å²) in [6.45, 7) is 1.41. The lowest BCUT2D eigenvalue weighted by atomic mass is 9.91. The number of hydrogen-bond acceptors (Lipinski definition) is 2. The first-order valence-electron chi connectivity index (χ1n) is 8.64. The molecular formula is C22H14F6O2. The number of halogens is 6. The molecule has 156 valence electrons. The van der Waals surface area contributed by atoms with E-state index in [0.717, 1.165) is 6.07 Å². The van der Waals surface area contributed by atoms with Crippen molar-refractivity contribution in [3.8, 4) is 11.5 Å². The van der Waals surface area contributed by atoms with Gasteiger partial charge in [0.25, 0.3) is 0 Å².